The molecule has 88 valence electrons. The second kappa shape index (κ2) is 4.71. The van der Waals surface area contributed by atoms with Crippen molar-refractivity contribution in [3.8, 4) is 0 Å². The molecule has 0 aromatic carbocycles. The van der Waals surface area contributed by atoms with Gasteiger partial charge in [0, 0.05) is 18.5 Å². The van der Waals surface area contributed by atoms with Crippen LogP contribution in [0, 0.1) is 11.3 Å². The van der Waals surface area contributed by atoms with Gasteiger partial charge in [-0.25, -0.2) is 0 Å². The smallest absolute Gasteiger partial charge is 0.228 e. The van der Waals surface area contributed by atoms with E-state index in [9.17, 15) is 4.79 Å². The molecule has 15 heavy (non-hydrogen) atoms. The average molecular weight is 233 g/mol. The number of piperidine rings is 1. The number of nitrogens with zero attached hydrogens (tertiary/aromatic N) is 1. The third-order valence-corrected chi connectivity index (χ3v) is 3.66. The van der Waals surface area contributed by atoms with Gasteiger partial charge in [0.2, 0.25) is 5.91 Å². The minimum absolute atomic E-state index is 0. The van der Waals surface area contributed by atoms with Crippen LogP contribution in [0.5, 0.6) is 0 Å². The predicted octanol–water partition coefficient (Wildman–Crippen LogP) is 1.41. The summed E-state index contributed by atoms with van der Waals surface area (Å²) in [6, 6.07) is 0. The molecule has 1 saturated heterocycles. The maximum absolute atomic E-state index is 12.0. The van der Waals surface area contributed by atoms with Crippen molar-refractivity contribution in [2.75, 3.05) is 19.6 Å². The molecule has 2 fully saturated rings. The van der Waals surface area contributed by atoms with Crippen molar-refractivity contribution in [2.24, 2.45) is 17.1 Å². The maximum atomic E-state index is 12.0. The SMILES string of the molecule is CC1(C(=O)N2CCC[C@@H](CN)C2)CC1.Cl. The Hall–Kier alpha value is -0.280. The lowest BCUT2D eigenvalue weighted by molar-refractivity contribution is -0.138. The molecule has 1 saturated carbocycles. The number of amides is 1. The summed E-state index contributed by atoms with van der Waals surface area (Å²) >= 11 is 0. The largest absolute Gasteiger partial charge is 0.342 e. The lowest BCUT2D eigenvalue weighted by Gasteiger charge is -2.34. The number of nitrogens with two attached hydrogens (primary N) is 1. The third-order valence-electron chi connectivity index (χ3n) is 3.66. The second-order valence-electron chi connectivity index (χ2n) is 5.06. The minimum atomic E-state index is -0.00348. The molecule has 0 bridgehead atoms. The van der Waals surface area contributed by atoms with Gasteiger partial charge in [-0.05, 0) is 38.1 Å². The van der Waals surface area contributed by atoms with Gasteiger partial charge in [0.25, 0.3) is 0 Å². The van der Waals surface area contributed by atoms with Crippen molar-refractivity contribution in [1.82, 2.24) is 4.90 Å². The van der Waals surface area contributed by atoms with Crippen molar-refractivity contribution >= 4 is 18.3 Å². The zero-order valence-corrected chi connectivity index (χ0v) is 10.2. The molecular formula is C11H21ClN2O. The lowest BCUT2D eigenvalue weighted by Crippen LogP contribution is -2.44. The molecule has 2 N–H and O–H groups in total. The number of likely N-dealkylation sites (tertiary alicyclic amines) is 1. The number of hydrogen-bond donors (Lipinski definition) is 1. The van der Waals surface area contributed by atoms with Crippen LogP contribution >= 0.6 is 12.4 Å². The fraction of sp³-hybridized carbons (Fsp3) is 0.909. The zero-order chi connectivity index (χ0) is 10.2. The van der Waals surface area contributed by atoms with Gasteiger partial charge in [0.05, 0.1) is 0 Å². The zero-order valence-electron chi connectivity index (χ0n) is 9.37. The summed E-state index contributed by atoms with van der Waals surface area (Å²) in [6.45, 7) is 4.65. The van der Waals surface area contributed by atoms with Crippen molar-refractivity contribution in [3.63, 3.8) is 0 Å². The van der Waals surface area contributed by atoms with E-state index in [1.54, 1.807) is 0 Å². The Labute approximate surface area is 97.8 Å². The van der Waals surface area contributed by atoms with Crippen molar-refractivity contribution in [3.05, 3.63) is 0 Å². The van der Waals surface area contributed by atoms with Gasteiger partial charge in [-0.2, -0.15) is 0 Å². The standard InChI is InChI=1S/C11H20N2O.ClH/c1-11(4-5-11)10(14)13-6-2-3-9(7-12)8-13;/h9H,2-8,12H2,1H3;1H/t9-;/m0./s1. The van der Waals surface area contributed by atoms with Crippen LogP contribution in [0.3, 0.4) is 0 Å². The molecule has 2 aliphatic rings. The quantitative estimate of drug-likeness (QED) is 0.783. The Morgan fingerprint density at radius 1 is 1.53 bits per heavy atom. The molecule has 1 aliphatic carbocycles. The molecule has 3 nitrogen and oxygen atoms in total. The Balaban J connectivity index is 0.00000112. The topological polar surface area (TPSA) is 46.3 Å². The number of rotatable bonds is 2. The molecule has 4 heteroatoms. The first-order valence-electron chi connectivity index (χ1n) is 5.65. The summed E-state index contributed by atoms with van der Waals surface area (Å²) in [5.74, 6) is 0.908. The number of hydrogen-bond acceptors (Lipinski definition) is 2. The Kier molecular flexibility index (Phi) is 4.01. The molecule has 0 aromatic heterocycles. The number of carbonyl (C=O) groups is 1. The van der Waals surface area contributed by atoms with Gasteiger partial charge in [0.1, 0.15) is 0 Å². The van der Waals surface area contributed by atoms with Gasteiger partial charge >= 0.3 is 0 Å². The Morgan fingerprint density at radius 3 is 2.73 bits per heavy atom. The number of halogens is 1. The monoisotopic (exact) mass is 232 g/mol. The van der Waals surface area contributed by atoms with Crippen LogP contribution in [0.25, 0.3) is 0 Å². The molecular weight excluding hydrogens is 212 g/mol. The fourth-order valence-electron chi connectivity index (χ4n) is 2.22. The van der Waals surface area contributed by atoms with Crippen LogP contribution in [-0.2, 0) is 4.79 Å². The molecule has 0 unspecified atom stereocenters. The molecule has 2 rings (SSSR count). The van der Waals surface area contributed by atoms with Crippen molar-refractivity contribution in [1.29, 1.82) is 0 Å². The van der Waals surface area contributed by atoms with Crippen molar-refractivity contribution < 1.29 is 4.79 Å². The van der Waals surface area contributed by atoms with E-state index in [2.05, 4.69) is 6.92 Å². The third kappa shape index (κ3) is 2.64. The molecule has 1 heterocycles. The first-order valence-corrected chi connectivity index (χ1v) is 5.65. The summed E-state index contributed by atoms with van der Waals surface area (Å²) in [6.07, 6.45) is 4.48. The molecule has 1 amide bonds. The molecule has 0 radical (unpaired) electrons. The van der Waals surface area contributed by atoms with E-state index in [0.29, 0.717) is 11.8 Å². The van der Waals surface area contributed by atoms with Crippen LogP contribution in [0.4, 0.5) is 0 Å². The summed E-state index contributed by atoms with van der Waals surface area (Å²) in [7, 11) is 0. The normalized spacial score (nSPS) is 28.1. The average Bonchev–Trinajstić information content (AvgIpc) is 2.97. The molecule has 0 spiro atoms. The highest BCUT2D eigenvalue weighted by Gasteiger charge is 2.47. The molecule has 1 atom stereocenters. The summed E-state index contributed by atoms with van der Waals surface area (Å²) in [5.41, 5.74) is 5.65. The highest BCUT2D eigenvalue weighted by atomic mass is 35.5. The van der Waals surface area contributed by atoms with E-state index in [1.165, 1.54) is 6.42 Å². The fourth-order valence-corrected chi connectivity index (χ4v) is 2.22. The van der Waals surface area contributed by atoms with Crippen LogP contribution in [0.1, 0.15) is 32.6 Å². The van der Waals surface area contributed by atoms with Gasteiger partial charge < -0.3 is 10.6 Å². The van der Waals surface area contributed by atoms with Gasteiger partial charge in [-0.15, -0.1) is 12.4 Å². The van der Waals surface area contributed by atoms with Crippen molar-refractivity contribution in [2.45, 2.75) is 32.6 Å². The summed E-state index contributed by atoms with van der Waals surface area (Å²) in [4.78, 5) is 14.1. The molecule has 0 aromatic rings. The van der Waals surface area contributed by atoms with E-state index in [4.69, 9.17) is 5.73 Å². The van der Waals surface area contributed by atoms with E-state index >= 15 is 0 Å². The van der Waals surface area contributed by atoms with Crippen LogP contribution in [0.2, 0.25) is 0 Å². The summed E-state index contributed by atoms with van der Waals surface area (Å²) in [5, 5.41) is 0. The van der Waals surface area contributed by atoms with Crippen LogP contribution in [-0.4, -0.2) is 30.4 Å². The number of carbonyl (C=O) groups excluding carboxylic acids is 1. The first kappa shape index (κ1) is 12.8. The first-order chi connectivity index (χ1) is 6.65. The van der Waals surface area contributed by atoms with Crippen LogP contribution < -0.4 is 5.73 Å². The Morgan fingerprint density at radius 2 is 2.20 bits per heavy atom. The van der Waals surface area contributed by atoms with E-state index in [0.717, 1.165) is 38.9 Å². The van der Waals surface area contributed by atoms with E-state index < -0.39 is 0 Å². The minimum Gasteiger partial charge on any atom is -0.342 e. The van der Waals surface area contributed by atoms with Gasteiger partial charge in [-0.3, -0.25) is 4.79 Å². The highest BCUT2D eigenvalue weighted by Crippen LogP contribution is 2.46. The van der Waals surface area contributed by atoms with E-state index in [-0.39, 0.29) is 17.8 Å². The highest BCUT2D eigenvalue weighted by molar-refractivity contribution is 5.85. The second-order valence-corrected chi connectivity index (χ2v) is 5.06. The van der Waals surface area contributed by atoms with Gasteiger partial charge in [-0.1, -0.05) is 6.92 Å². The van der Waals surface area contributed by atoms with Gasteiger partial charge in [0.15, 0.2) is 0 Å². The summed E-state index contributed by atoms with van der Waals surface area (Å²) < 4.78 is 0. The lowest BCUT2D eigenvalue weighted by atomic mass is 9.96. The maximum Gasteiger partial charge on any atom is 0.228 e. The van der Waals surface area contributed by atoms with E-state index in [1.807, 2.05) is 4.90 Å². The Bertz CT molecular complexity index is 241. The van der Waals surface area contributed by atoms with Crippen LogP contribution in [0.15, 0.2) is 0 Å². The molecule has 1 aliphatic heterocycles. The predicted molar refractivity (Wildman–Crippen MR) is 62.9 cm³/mol.